The van der Waals surface area contributed by atoms with Gasteiger partial charge in [-0.25, -0.2) is 4.39 Å². The fraction of sp³-hybridized carbons (Fsp3) is 0.231. The van der Waals surface area contributed by atoms with Crippen LogP contribution in [0.5, 0.6) is 0 Å². The molecule has 0 fully saturated rings. The van der Waals surface area contributed by atoms with E-state index in [1.807, 2.05) is 50.2 Å². The Kier molecular flexibility index (Phi) is 5.13. The summed E-state index contributed by atoms with van der Waals surface area (Å²) >= 11 is 0. The number of hydrogen-bond donors (Lipinski definition) is 0. The molecule has 0 saturated carbocycles. The Bertz CT molecular complexity index is 1170. The first-order valence-corrected chi connectivity index (χ1v) is 10.3. The SMILES string of the molecule is Cc1ccc(CN2C(=O)C(C)(C)N(C(=O)c3ccc(F)cc3)c3ccccc32)c(C)c1. The summed E-state index contributed by atoms with van der Waals surface area (Å²) < 4.78 is 13.4. The molecule has 0 atom stereocenters. The van der Waals surface area contributed by atoms with Gasteiger partial charge in [-0.1, -0.05) is 35.9 Å². The molecule has 0 bridgehead atoms. The number of carbonyl (C=O) groups excluding carboxylic acids is 2. The molecule has 0 aliphatic carbocycles. The average Bonchev–Trinajstić information content (AvgIpc) is 2.73. The van der Waals surface area contributed by atoms with Crippen molar-refractivity contribution < 1.29 is 14.0 Å². The number of fused-ring (bicyclic) bond motifs is 1. The van der Waals surface area contributed by atoms with Crippen LogP contribution in [-0.4, -0.2) is 17.4 Å². The van der Waals surface area contributed by atoms with Crippen molar-refractivity contribution in [1.29, 1.82) is 0 Å². The minimum atomic E-state index is -1.11. The fourth-order valence-corrected chi connectivity index (χ4v) is 4.15. The van der Waals surface area contributed by atoms with Crippen LogP contribution < -0.4 is 9.80 Å². The normalized spacial score (nSPS) is 15.1. The molecule has 3 aromatic rings. The number of aryl methyl sites for hydroxylation is 2. The van der Waals surface area contributed by atoms with Crippen LogP contribution in [0.3, 0.4) is 0 Å². The molecule has 5 heteroatoms. The largest absolute Gasteiger partial charge is 0.304 e. The van der Waals surface area contributed by atoms with Crippen LogP contribution in [-0.2, 0) is 11.3 Å². The average molecular weight is 416 g/mol. The smallest absolute Gasteiger partial charge is 0.259 e. The van der Waals surface area contributed by atoms with E-state index in [2.05, 4.69) is 6.07 Å². The molecule has 4 rings (SSSR count). The summed E-state index contributed by atoms with van der Waals surface area (Å²) in [4.78, 5) is 30.4. The summed E-state index contributed by atoms with van der Waals surface area (Å²) in [6.07, 6.45) is 0. The summed E-state index contributed by atoms with van der Waals surface area (Å²) in [6, 6.07) is 19.0. The number of halogens is 1. The predicted octanol–water partition coefficient (Wildman–Crippen LogP) is 5.41. The molecule has 0 spiro atoms. The van der Waals surface area contributed by atoms with E-state index < -0.39 is 11.4 Å². The number of amides is 2. The van der Waals surface area contributed by atoms with E-state index in [0.29, 0.717) is 23.5 Å². The number of hydrogen-bond acceptors (Lipinski definition) is 2. The quantitative estimate of drug-likeness (QED) is 0.572. The molecule has 0 N–H and O–H groups in total. The zero-order chi connectivity index (χ0) is 22.3. The predicted molar refractivity (Wildman–Crippen MR) is 121 cm³/mol. The van der Waals surface area contributed by atoms with Crippen molar-refractivity contribution in [3.63, 3.8) is 0 Å². The highest BCUT2D eigenvalue weighted by Crippen LogP contribution is 2.42. The van der Waals surface area contributed by atoms with E-state index in [1.54, 1.807) is 18.7 Å². The molecule has 0 radical (unpaired) electrons. The molecule has 158 valence electrons. The lowest BCUT2D eigenvalue weighted by atomic mass is 9.92. The minimum Gasteiger partial charge on any atom is -0.304 e. The van der Waals surface area contributed by atoms with Crippen LogP contribution in [0.25, 0.3) is 0 Å². The molecule has 1 aliphatic heterocycles. The van der Waals surface area contributed by atoms with Gasteiger partial charge in [0.2, 0.25) is 0 Å². The van der Waals surface area contributed by atoms with Gasteiger partial charge in [0.05, 0.1) is 17.9 Å². The molecule has 0 aromatic heterocycles. The van der Waals surface area contributed by atoms with Crippen LogP contribution in [0.15, 0.2) is 66.7 Å². The number of para-hydroxylation sites is 2. The Morgan fingerprint density at radius 1 is 0.935 bits per heavy atom. The van der Waals surface area contributed by atoms with Crippen LogP contribution in [0.4, 0.5) is 15.8 Å². The maximum absolute atomic E-state index is 13.7. The Labute approximate surface area is 181 Å². The molecule has 1 aliphatic rings. The first kappa shape index (κ1) is 20.8. The maximum atomic E-state index is 13.7. The monoisotopic (exact) mass is 416 g/mol. The molecule has 0 saturated heterocycles. The minimum absolute atomic E-state index is 0.165. The third kappa shape index (κ3) is 3.61. The Morgan fingerprint density at radius 3 is 2.23 bits per heavy atom. The van der Waals surface area contributed by atoms with Gasteiger partial charge in [0.15, 0.2) is 0 Å². The van der Waals surface area contributed by atoms with Gasteiger partial charge in [-0.15, -0.1) is 0 Å². The van der Waals surface area contributed by atoms with E-state index in [1.165, 1.54) is 34.7 Å². The fourth-order valence-electron chi connectivity index (χ4n) is 4.15. The molecule has 3 aromatic carbocycles. The van der Waals surface area contributed by atoms with Crippen molar-refractivity contribution in [2.75, 3.05) is 9.80 Å². The highest BCUT2D eigenvalue weighted by molar-refractivity contribution is 6.19. The number of nitrogens with zero attached hydrogens (tertiary/aromatic N) is 2. The van der Waals surface area contributed by atoms with Crippen molar-refractivity contribution >= 4 is 23.2 Å². The lowest BCUT2D eigenvalue weighted by Crippen LogP contribution is -2.62. The Hall–Kier alpha value is -3.47. The maximum Gasteiger partial charge on any atom is 0.259 e. The van der Waals surface area contributed by atoms with E-state index in [0.717, 1.165) is 11.1 Å². The van der Waals surface area contributed by atoms with Crippen LogP contribution >= 0.6 is 0 Å². The third-order valence-corrected chi connectivity index (χ3v) is 5.86. The first-order valence-electron chi connectivity index (χ1n) is 10.3. The topological polar surface area (TPSA) is 40.6 Å². The van der Waals surface area contributed by atoms with Gasteiger partial charge in [0, 0.05) is 5.56 Å². The second kappa shape index (κ2) is 7.65. The molecule has 4 nitrogen and oxygen atoms in total. The number of carbonyl (C=O) groups is 2. The van der Waals surface area contributed by atoms with Gasteiger partial charge in [-0.2, -0.15) is 0 Å². The lowest BCUT2D eigenvalue weighted by Gasteiger charge is -2.46. The lowest BCUT2D eigenvalue weighted by molar-refractivity contribution is -0.123. The van der Waals surface area contributed by atoms with Gasteiger partial charge < -0.3 is 4.90 Å². The summed E-state index contributed by atoms with van der Waals surface area (Å²) in [7, 11) is 0. The summed E-state index contributed by atoms with van der Waals surface area (Å²) in [5.41, 5.74) is 3.91. The zero-order valence-electron chi connectivity index (χ0n) is 18.1. The van der Waals surface area contributed by atoms with Crippen molar-refractivity contribution in [3.05, 3.63) is 94.8 Å². The van der Waals surface area contributed by atoms with Crippen LogP contribution in [0, 0.1) is 19.7 Å². The second-order valence-corrected chi connectivity index (χ2v) is 8.52. The van der Waals surface area contributed by atoms with Gasteiger partial charge in [0.1, 0.15) is 11.4 Å². The van der Waals surface area contributed by atoms with Crippen LogP contribution in [0.2, 0.25) is 0 Å². The number of anilines is 2. The summed E-state index contributed by atoms with van der Waals surface area (Å²) in [5, 5.41) is 0. The zero-order valence-corrected chi connectivity index (χ0v) is 18.1. The second-order valence-electron chi connectivity index (χ2n) is 8.52. The number of rotatable bonds is 3. The van der Waals surface area contributed by atoms with Gasteiger partial charge in [-0.05, 0) is 75.2 Å². The molecule has 1 heterocycles. The van der Waals surface area contributed by atoms with Crippen molar-refractivity contribution in [2.45, 2.75) is 39.8 Å². The van der Waals surface area contributed by atoms with E-state index >= 15 is 0 Å². The molecule has 2 amide bonds. The molecule has 0 unspecified atom stereocenters. The van der Waals surface area contributed by atoms with Crippen molar-refractivity contribution in [3.8, 4) is 0 Å². The molecule has 31 heavy (non-hydrogen) atoms. The van der Waals surface area contributed by atoms with Gasteiger partial charge >= 0.3 is 0 Å². The Balaban J connectivity index is 1.80. The highest BCUT2D eigenvalue weighted by atomic mass is 19.1. The van der Waals surface area contributed by atoms with E-state index in [9.17, 15) is 14.0 Å². The van der Waals surface area contributed by atoms with Gasteiger partial charge in [-0.3, -0.25) is 14.5 Å². The summed E-state index contributed by atoms with van der Waals surface area (Å²) in [6.45, 7) is 8.01. The highest BCUT2D eigenvalue weighted by Gasteiger charge is 2.47. The van der Waals surface area contributed by atoms with E-state index in [-0.39, 0.29) is 11.8 Å². The third-order valence-electron chi connectivity index (χ3n) is 5.86. The summed E-state index contributed by atoms with van der Waals surface area (Å²) in [5.74, 6) is -0.913. The molecular weight excluding hydrogens is 391 g/mol. The van der Waals surface area contributed by atoms with Gasteiger partial charge in [0.25, 0.3) is 11.8 Å². The van der Waals surface area contributed by atoms with Crippen molar-refractivity contribution in [1.82, 2.24) is 0 Å². The van der Waals surface area contributed by atoms with E-state index in [4.69, 9.17) is 0 Å². The standard InChI is InChI=1S/C26H25FN2O2/c1-17-9-10-20(18(2)15-17)16-28-22-7-5-6-8-23(22)29(26(3,4)25(28)31)24(30)19-11-13-21(27)14-12-19/h5-15H,16H2,1-4H3. The van der Waals surface area contributed by atoms with Crippen molar-refractivity contribution in [2.24, 2.45) is 0 Å². The first-order chi connectivity index (χ1) is 14.7. The number of benzene rings is 3. The van der Waals surface area contributed by atoms with Crippen LogP contribution in [0.1, 0.15) is 40.9 Å². The molecular formula is C26H25FN2O2. The Morgan fingerprint density at radius 2 is 1.58 bits per heavy atom.